The van der Waals surface area contributed by atoms with E-state index in [1.54, 1.807) is 7.11 Å². The lowest BCUT2D eigenvalue weighted by Crippen LogP contribution is -2.29. The average molecular weight is 272 g/mol. The maximum atomic E-state index is 11.2. The van der Waals surface area contributed by atoms with Gasteiger partial charge in [-0.1, -0.05) is 24.3 Å². The van der Waals surface area contributed by atoms with Crippen LogP contribution < -0.4 is 10.0 Å². The van der Waals surface area contributed by atoms with Crippen molar-refractivity contribution in [1.82, 2.24) is 10.0 Å². The minimum absolute atomic E-state index is 0.0793. The predicted octanol–water partition coefficient (Wildman–Crippen LogP) is 0.472. The van der Waals surface area contributed by atoms with Gasteiger partial charge in [0.2, 0.25) is 10.0 Å². The van der Waals surface area contributed by atoms with Crippen molar-refractivity contribution in [3.8, 4) is 0 Å². The topological polar surface area (TPSA) is 67.4 Å². The van der Waals surface area contributed by atoms with Crippen molar-refractivity contribution in [3.05, 3.63) is 35.4 Å². The van der Waals surface area contributed by atoms with Crippen LogP contribution >= 0.6 is 0 Å². The van der Waals surface area contributed by atoms with Crippen molar-refractivity contribution in [2.24, 2.45) is 0 Å². The fourth-order valence-electron chi connectivity index (χ4n) is 1.56. The highest BCUT2D eigenvalue weighted by Gasteiger charge is 2.06. The second-order valence-corrected chi connectivity index (χ2v) is 5.95. The van der Waals surface area contributed by atoms with Gasteiger partial charge < -0.3 is 10.1 Å². The summed E-state index contributed by atoms with van der Waals surface area (Å²) in [7, 11) is -0.0552. The van der Waals surface area contributed by atoms with Gasteiger partial charge in [-0.25, -0.2) is 13.1 Å². The molecule has 0 fully saturated rings. The molecule has 0 amide bonds. The van der Waals surface area contributed by atoms with Crippen LogP contribution in [0.4, 0.5) is 0 Å². The molecule has 0 aromatic heterocycles. The Morgan fingerprint density at radius 2 is 1.89 bits per heavy atom. The number of methoxy groups -OCH3 is 1. The highest BCUT2D eigenvalue weighted by atomic mass is 32.2. The summed E-state index contributed by atoms with van der Waals surface area (Å²) in [5, 5.41) is 3.12. The molecule has 0 unspecified atom stereocenters. The summed E-state index contributed by atoms with van der Waals surface area (Å²) in [6.07, 6.45) is 0. The zero-order chi connectivity index (χ0) is 13.4. The molecule has 102 valence electrons. The first-order valence-corrected chi connectivity index (χ1v) is 7.42. The van der Waals surface area contributed by atoms with E-state index in [0.717, 1.165) is 11.1 Å². The van der Waals surface area contributed by atoms with Gasteiger partial charge >= 0.3 is 0 Å². The van der Waals surface area contributed by atoms with Crippen molar-refractivity contribution in [3.63, 3.8) is 0 Å². The first kappa shape index (κ1) is 15.1. The van der Waals surface area contributed by atoms with E-state index in [0.29, 0.717) is 19.7 Å². The van der Waals surface area contributed by atoms with E-state index >= 15 is 0 Å². The van der Waals surface area contributed by atoms with E-state index in [-0.39, 0.29) is 5.75 Å². The molecule has 1 aromatic rings. The van der Waals surface area contributed by atoms with Gasteiger partial charge in [0.25, 0.3) is 0 Å². The molecule has 0 spiro atoms. The number of benzene rings is 1. The van der Waals surface area contributed by atoms with E-state index in [1.807, 2.05) is 24.3 Å². The van der Waals surface area contributed by atoms with Crippen molar-refractivity contribution in [2.75, 3.05) is 26.5 Å². The van der Waals surface area contributed by atoms with Gasteiger partial charge in [0, 0.05) is 20.2 Å². The molecule has 1 aromatic carbocycles. The van der Waals surface area contributed by atoms with Crippen molar-refractivity contribution in [2.45, 2.75) is 13.2 Å². The molecule has 0 radical (unpaired) electrons. The Labute approximate surface area is 109 Å². The van der Waals surface area contributed by atoms with Gasteiger partial charge in [0.05, 0.1) is 12.4 Å². The molecule has 6 heteroatoms. The molecule has 0 heterocycles. The Hall–Kier alpha value is -0.950. The average Bonchev–Trinajstić information content (AvgIpc) is 2.37. The minimum Gasteiger partial charge on any atom is -0.380 e. The van der Waals surface area contributed by atoms with Crippen LogP contribution in [0.15, 0.2) is 24.3 Å². The van der Waals surface area contributed by atoms with Gasteiger partial charge in [0.1, 0.15) is 0 Å². The summed E-state index contributed by atoms with van der Waals surface area (Å²) in [6.45, 7) is 1.62. The maximum Gasteiger partial charge on any atom is 0.212 e. The SMILES string of the molecule is CNS(=O)(=O)CCNCc1ccccc1COC. The van der Waals surface area contributed by atoms with E-state index < -0.39 is 10.0 Å². The van der Waals surface area contributed by atoms with E-state index in [2.05, 4.69) is 10.0 Å². The van der Waals surface area contributed by atoms with Crippen LogP contribution in [0.1, 0.15) is 11.1 Å². The third-order valence-corrected chi connectivity index (χ3v) is 3.96. The molecule has 0 atom stereocenters. The van der Waals surface area contributed by atoms with Gasteiger partial charge in [-0.15, -0.1) is 0 Å². The van der Waals surface area contributed by atoms with Crippen molar-refractivity contribution >= 4 is 10.0 Å². The Morgan fingerprint density at radius 3 is 2.50 bits per heavy atom. The zero-order valence-corrected chi connectivity index (χ0v) is 11.6. The van der Waals surface area contributed by atoms with Crippen molar-refractivity contribution in [1.29, 1.82) is 0 Å². The molecular weight excluding hydrogens is 252 g/mol. The summed E-state index contributed by atoms with van der Waals surface area (Å²) < 4.78 is 29.8. The van der Waals surface area contributed by atoms with Gasteiger partial charge in [-0.05, 0) is 18.2 Å². The number of sulfonamides is 1. The van der Waals surface area contributed by atoms with E-state index in [1.165, 1.54) is 7.05 Å². The number of ether oxygens (including phenoxy) is 1. The Kier molecular flexibility index (Phi) is 6.28. The summed E-state index contributed by atoms with van der Waals surface area (Å²) >= 11 is 0. The molecule has 1 rings (SSSR count). The lowest BCUT2D eigenvalue weighted by atomic mass is 10.1. The van der Waals surface area contributed by atoms with Gasteiger partial charge in [-0.3, -0.25) is 0 Å². The monoisotopic (exact) mass is 272 g/mol. The Morgan fingerprint density at radius 1 is 1.22 bits per heavy atom. The lowest BCUT2D eigenvalue weighted by molar-refractivity contribution is 0.184. The second kappa shape index (κ2) is 7.48. The fraction of sp³-hybridized carbons (Fsp3) is 0.500. The molecule has 2 N–H and O–H groups in total. The number of hydrogen-bond donors (Lipinski definition) is 2. The standard InChI is InChI=1S/C12H20N2O3S/c1-13-18(15,16)8-7-14-9-11-5-3-4-6-12(11)10-17-2/h3-6,13-14H,7-10H2,1-2H3. The number of rotatable bonds is 8. The normalized spacial score (nSPS) is 11.7. The van der Waals surface area contributed by atoms with E-state index in [9.17, 15) is 8.42 Å². The minimum atomic E-state index is -3.13. The zero-order valence-electron chi connectivity index (χ0n) is 10.8. The number of nitrogens with one attached hydrogen (secondary N) is 2. The molecule has 0 bridgehead atoms. The molecular formula is C12H20N2O3S. The molecule has 0 aliphatic rings. The summed E-state index contributed by atoms with van der Waals surface area (Å²) in [5.74, 6) is 0.0793. The highest BCUT2D eigenvalue weighted by Crippen LogP contribution is 2.09. The predicted molar refractivity (Wildman–Crippen MR) is 71.7 cm³/mol. The third-order valence-electron chi connectivity index (χ3n) is 2.59. The van der Waals surface area contributed by atoms with Gasteiger partial charge in [-0.2, -0.15) is 0 Å². The van der Waals surface area contributed by atoms with Crippen LogP contribution in [0.3, 0.4) is 0 Å². The molecule has 0 saturated heterocycles. The number of hydrogen-bond acceptors (Lipinski definition) is 4. The van der Waals surface area contributed by atoms with Crippen LogP contribution in [0.2, 0.25) is 0 Å². The smallest absolute Gasteiger partial charge is 0.212 e. The summed E-state index contributed by atoms with van der Waals surface area (Å²) in [6, 6.07) is 7.93. The first-order valence-electron chi connectivity index (χ1n) is 5.76. The van der Waals surface area contributed by atoms with Crippen LogP contribution in [0.5, 0.6) is 0 Å². The third kappa shape index (κ3) is 5.14. The van der Waals surface area contributed by atoms with Crippen LogP contribution in [0.25, 0.3) is 0 Å². The molecule has 5 nitrogen and oxygen atoms in total. The second-order valence-electron chi connectivity index (χ2n) is 3.90. The van der Waals surface area contributed by atoms with E-state index in [4.69, 9.17) is 4.74 Å². The molecule has 0 aliphatic carbocycles. The van der Waals surface area contributed by atoms with Crippen molar-refractivity contribution < 1.29 is 13.2 Å². The van der Waals surface area contributed by atoms with Gasteiger partial charge in [0.15, 0.2) is 0 Å². The quantitative estimate of drug-likeness (QED) is 0.675. The Balaban J connectivity index is 2.44. The molecule has 0 aliphatic heterocycles. The maximum absolute atomic E-state index is 11.2. The molecule has 18 heavy (non-hydrogen) atoms. The van der Waals surface area contributed by atoms with Crippen LogP contribution in [0, 0.1) is 0 Å². The highest BCUT2D eigenvalue weighted by molar-refractivity contribution is 7.89. The van der Waals surface area contributed by atoms with Crippen LogP contribution in [-0.2, 0) is 27.9 Å². The summed E-state index contributed by atoms with van der Waals surface area (Å²) in [4.78, 5) is 0. The molecule has 0 saturated carbocycles. The fourth-order valence-corrected chi connectivity index (χ4v) is 2.18. The Bertz CT molecular complexity index is 460. The first-order chi connectivity index (χ1) is 8.59. The van der Waals surface area contributed by atoms with Crippen LogP contribution in [-0.4, -0.2) is 34.9 Å². The summed E-state index contributed by atoms with van der Waals surface area (Å²) in [5.41, 5.74) is 2.24. The lowest BCUT2D eigenvalue weighted by Gasteiger charge is -2.10. The largest absolute Gasteiger partial charge is 0.380 e.